The average molecular weight is 478 g/mol. The van der Waals surface area contributed by atoms with Crippen LogP contribution in [0.3, 0.4) is 0 Å². The lowest BCUT2D eigenvalue weighted by Crippen LogP contribution is -2.44. The highest BCUT2D eigenvalue weighted by Gasteiger charge is 2.30. The fraction of sp³-hybridized carbons (Fsp3) is 0.625. The van der Waals surface area contributed by atoms with Crippen LogP contribution in [-0.4, -0.2) is 37.6 Å². The highest BCUT2D eigenvalue weighted by atomic mass is 15.1. The number of rotatable bonds is 15. The summed E-state index contributed by atoms with van der Waals surface area (Å²) in [7, 11) is 4.15. The molecular formula is C32H51N3. The van der Waals surface area contributed by atoms with E-state index in [1.54, 1.807) is 0 Å². The van der Waals surface area contributed by atoms with Crippen LogP contribution in [0.15, 0.2) is 49.7 Å². The Bertz CT molecular complexity index is 822. The van der Waals surface area contributed by atoms with Crippen LogP contribution < -0.4 is 10.6 Å². The molecule has 0 aromatic heterocycles. The zero-order valence-corrected chi connectivity index (χ0v) is 22.8. The maximum absolute atomic E-state index is 4.10. The molecule has 2 aliphatic rings. The lowest BCUT2D eigenvalue weighted by atomic mass is 9.73. The zero-order chi connectivity index (χ0) is 25.2. The van der Waals surface area contributed by atoms with Crippen LogP contribution in [-0.2, 0) is 13.0 Å². The van der Waals surface area contributed by atoms with E-state index in [-0.39, 0.29) is 0 Å². The van der Waals surface area contributed by atoms with Gasteiger partial charge in [-0.1, -0.05) is 69.7 Å². The average Bonchev–Trinajstić information content (AvgIpc) is 2.84. The monoisotopic (exact) mass is 477 g/mol. The minimum Gasteiger partial charge on any atom is -0.392 e. The first-order valence-electron chi connectivity index (χ1n) is 14.1. The molecule has 0 bridgehead atoms. The van der Waals surface area contributed by atoms with Gasteiger partial charge in [-0.15, -0.1) is 6.58 Å². The summed E-state index contributed by atoms with van der Waals surface area (Å²) in [6.45, 7) is 16.7. The van der Waals surface area contributed by atoms with Gasteiger partial charge in [-0.05, 0) is 93.0 Å². The van der Waals surface area contributed by atoms with Crippen LogP contribution in [0, 0.1) is 17.8 Å². The Labute approximate surface area is 216 Å². The Kier molecular flexibility index (Phi) is 11.1. The molecule has 35 heavy (non-hydrogen) atoms. The lowest BCUT2D eigenvalue weighted by Gasteiger charge is -2.38. The SMILES string of the molecule is C=Cc1ccc(CC2CCCCC2NCC2CC(CC)C2)cc1CN(C)C(C=C)CCC(=C)NC. The van der Waals surface area contributed by atoms with Gasteiger partial charge in [0, 0.05) is 31.4 Å². The molecule has 0 aliphatic heterocycles. The maximum Gasteiger partial charge on any atom is 0.0279 e. The van der Waals surface area contributed by atoms with Crippen LogP contribution in [0.1, 0.15) is 81.4 Å². The third-order valence-corrected chi connectivity index (χ3v) is 8.77. The molecule has 0 amide bonds. The predicted molar refractivity (Wildman–Crippen MR) is 153 cm³/mol. The second kappa shape index (κ2) is 14.0. The molecule has 2 saturated carbocycles. The number of benzene rings is 1. The van der Waals surface area contributed by atoms with Gasteiger partial charge >= 0.3 is 0 Å². The van der Waals surface area contributed by atoms with E-state index in [9.17, 15) is 0 Å². The van der Waals surface area contributed by atoms with Crippen LogP contribution in [0.2, 0.25) is 0 Å². The largest absolute Gasteiger partial charge is 0.392 e. The first-order chi connectivity index (χ1) is 17.0. The summed E-state index contributed by atoms with van der Waals surface area (Å²) in [5, 5.41) is 7.17. The first kappa shape index (κ1) is 27.7. The van der Waals surface area contributed by atoms with Gasteiger partial charge in [0.15, 0.2) is 0 Å². The molecule has 3 rings (SSSR count). The third-order valence-electron chi connectivity index (χ3n) is 8.77. The van der Waals surface area contributed by atoms with E-state index in [1.807, 2.05) is 13.1 Å². The van der Waals surface area contributed by atoms with Gasteiger partial charge in [0.05, 0.1) is 0 Å². The molecule has 0 saturated heterocycles. The molecule has 2 fully saturated rings. The molecule has 3 heteroatoms. The zero-order valence-electron chi connectivity index (χ0n) is 22.8. The van der Waals surface area contributed by atoms with E-state index in [2.05, 4.69) is 73.5 Å². The number of allylic oxidation sites excluding steroid dienone is 1. The van der Waals surface area contributed by atoms with E-state index >= 15 is 0 Å². The standard InChI is InChI=1S/C32H51N3/c1-7-25-18-27(19-25)22-34-32-13-11-10-12-29(32)20-26-15-16-28(8-2)30(21-26)23-35(6)31(9-3)17-14-24(4)33-5/h8-9,15-16,21,25,27,29,31-34H,2-4,7,10-14,17-20,22-23H2,1,5-6H3. The van der Waals surface area contributed by atoms with E-state index in [1.165, 1.54) is 74.6 Å². The van der Waals surface area contributed by atoms with Gasteiger partial charge < -0.3 is 10.6 Å². The summed E-state index contributed by atoms with van der Waals surface area (Å²) < 4.78 is 0. The van der Waals surface area contributed by atoms with Gasteiger partial charge in [-0.2, -0.15) is 0 Å². The van der Waals surface area contributed by atoms with Crippen molar-refractivity contribution < 1.29 is 0 Å². The van der Waals surface area contributed by atoms with Crippen molar-refractivity contribution in [2.75, 3.05) is 20.6 Å². The van der Waals surface area contributed by atoms with Gasteiger partial charge in [0.25, 0.3) is 0 Å². The second-order valence-electron chi connectivity index (χ2n) is 11.2. The van der Waals surface area contributed by atoms with Crippen molar-refractivity contribution in [2.45, 2.75) is 89.8 Å². The molecule has 194 valence electrons. The first-order valence-corrected chi connectivity index (χ1v) is 14.1. The van der Waals surface area contributed by atoms with Crippen molar-refractivity contribution in [2.24, 2.45) is 17.8 Å². The van der Waals surface area contributed by atoms with Gasteiger partial charge in [0.1, 0.15) is 0 Å². The minimum atomic E-state index is 0.326. The van der Waals surface area contributed by atoms with Gasteiger partial charge in [0.2, 0.25) is 0 Å². The van der Waals surface area contributed by atoms with Crippen LogP contribution in [0.25, 0.3) is 6.08 Å². The Hall–Kier alpha value is -1.84. The normalized spacial score (nSPS) is 25.0. The fourth-order valence-corrected chi connectivity index (χ4v) is 6.19. The van der Waals surface area contributed by atoms with Crippen molar-refractivity contribution in [1.82, 2.24) is 15.5 Å². The van der Waals surface area contributed by atoms with Crippen molar-refractivity contribution in [3.63, 3.8) is 0 Å². The molecule has 3 unspecified atom stereocenters. The second-order valence-corrected chi connectivity index (χ2v) is 11.2. The van der Waals surface area contributed by atoms with Crippen LogP contribution >= 0.6 is 0 Å². The number of hydrogen-bond acceptors (Lipinski definition) is 3. The van der Waals surface area contributed by atoms with Gasteiger partial charge in [-0.25, -0.2) is 0 Å². The number of likely N-dealkylation sites (N-methyl/N-ethyl adjacent to an activating group) is 1. The maximum atomic E-state index is 4.10. The topological polar surface area (TPSA) is 27.3 Å². The summed E-state index contributed by atoms with van der Waals surface area (Å²) >= 11 is 0. The molecular weight excluding hydrogens is 426 g/mol. The Morgan fingerprint density at radius 1 is 1.17 bits per heavy atom. The molecule has 2 aliphatic carbocycles. The van der Waals surface area contributed by atoms with E-state index in [4.69, 9.17) is 0 Å². The van der Waals surface area contributed by atoms with Crippen molar-refractivity contribution in [3.8, 4) is 0 Å². The van der Waals surface area contributed by atoms with E-state index in [0.717, 1.165) is 42.8 Å². The summed E-state index contributed by atoms with van der Waals surface area (Å²) in [4.78, 5) is 2.41. The van der Waals surface area contributed by atoms with Crippen molar-refractivity contribution in [3.05, 3.63) is 66.4 Å². The number of nitrogens with zero attached hydrogens (tertiary/aromatic N) is 1. The molecule has 1 aromatic carbocycles. The molecule has 0 spiro atoms. The number of nitrogens with one attached hydrogen (secondary N) is 2. The van der Waals surface area contributed by atoms with Crippen molar-refractivity contribution in [1.29, 1.82) is 0 Å². The summed E-state index contributed by atoms with van der Waals surface area (Å²) in [6.07, 6.45) is 16.9. The minimum absolute atomic E-state index is 0.326. The summed E-state index contributed by atoms with van der Waals surface area (Å²) in [5.74, 6) is 2.66. The molecule has 1 aromatic rings. The Morgan fingerprint density at radius 2 is 1.94 bits per heavy atom. The van der Waals surface area contributed by atoms with E-state index in [0.29, 0.717) is 12.1 Å². The predicted octanol–water partition coefficient (Wildman–Crippen LogP) is 6.96. The third kappa shape index (κ3) is 8.08. The van der Waals surface area contributed by atoms with Crippen molar-refractivity contribution >= 4 is 6.08 Å². The smallest absolute Gasteiger partial charge is 0.0279 e. The molecule has 3 nitrogen and oxygen atoms in total. The highest BCUT2D eigenvalue weighted by Crippen LogP contribution is 2.36. The quantitative estimate of drug-likeness (QED) is 0.267. The molecule has 3 atom stereocenters. The van der Waals surface area contributed by atoms with Gasteiger partial charge in [-0.3, -0.25) is 4.90 Å². The Balaban J connectivity index is 1.61. The molecule has 0 heterocycles. The molecule has 2 N–H and O–H groups in total. The lowest BCUT2D eigenvalue weighted by molar-refractivity contribution is 0.163. The Morgan fingerprint density at radius 3 is 2.63 bits per heavy atom. The summed E-state index contributed by atoms with van der Waals surface area (Å²) in [6, 6.07) is 8.07. The van der Waals surface area contributed by atoms with Crippen LogP contribution in [0.4, 0.5) is 0 Å². The molecule has 0 radical (unpaired) electrons. The highest BCUT2D eigenvalue weighted by molar-refractivity contribution is 5.53. The number of hydrogen-bond donors (Lipinski definition) is 2. The van der Waals surface area contributed by atoms with E-state index < -0.39 is 0 Å². The van der Waals surface area contributed by atoms with Crippen LogP contribution in [0.5, 0.6) is 0 Å². The summed E-state index contributed by atoms with van der Waals surface area (Å²) in [5.41, 5.74) is 5.18. The fourth-order valence-electron chi connectivity index (χ4n) is 6.19.